The lowest BCUT2D eigenvalue weighted by Gasteiger charge is -2.36. The maximum Gasteiger partial charge on any atom is 0.324 e. The SMILES string of the molecule is COC(=O)C1(C(=O)c2ccccc2F)COC1. The van der Waals surface area contributed by atoms with Crippen LogP contribution in [0, 0.1) is 11.2 Å². The highest BCUT2D eigenvalue weighted by Gasteiger charge is 2.54. The Balaban J connectivity index is 2.37. The number of hydrogen-bond acceptors (Lipinski definition) is 4. The fourth-order valence-electron chi connectivity index (χ4n) is 1.75. The van der Waals surface area contributed by atoms with Gasteiger partial charge in [-0.15, -0.1) is 0 Å². The second kappa shape index (κ2) is 4.25. The van der Waals surface area contributed by atoms with Crippen molar-refractivity contribution in [3.8, 4) is 0 Å². The van der Waals surface area contributed by atoms with Gasteiger partial charge in [0.2, 0.25) is 0 Å². The number of carbonyl (C=O) groups is 2. The first-order valence-corrected chi connectivity index (χ1v) is 5.07. The van der Waals surface area contributed by atoms with Gasteiger partial charge in [-0.1, -0.05) is 12.1 Å². The van der Waals surface area contributed by atoms with Crippen molar-refractivity contribution in [1.82, 2.24) is 0 Å². The van der Waals surface area contributed by atoms with Gasteiger partial charge in [0.1, 0.15) is 5.82 Å². The third-order valence-corrected chi connectivity index (χ3v) is 2.83. The molecule has 17 heavy (non-hydrogen) atoms. The summed E-state index contributed by atoms with van der Waals surface area (Å²) in [7, 11) is 1.19. The van der Waals surface area contributed by atoms with Crippen molar-refractivity contribution in [2.45, 2.75) is 0 Å². The van der Waals surface area contributed by atoms with Gasteiger partial charge in [0.25, 0.3) is 0 Å². The number of methoxy groups -OCH3 is 1. The van der Waals surface area contributed by atoms with E-state index >= 15 is 0 Å². The van der Waals surface area contributed by atoms with E-state index in [2.05, 4.69) is 4.74 Å². The average molecular weight is 238 g/mol. The van der Waals surface area contributed by atoms with Crippen LogP contribution in [0.1, 0.15) is 10.4 Å². The molecule has 1 fully saturated rings. The van der Waals surface area contributed by atoms with Crippen molar-refractivity contribution >= 4 is 11.8 Å². The van der Waals surface area contributed by atoms with Gasteiger partial charge < -0.3 is 9.47 Å². The van der Waals surface area contributed by atoms with Crippen LogP contribution in [0.2, 0.25) is 0 Å². The van der Waals surface area contributed by atoms with Crippen LogP contribution >= 0.6 is 0 Å². The highest BCUT2D eigenvalue weighted by atomic mass is 19.1. The Hall–Kier alpha value is -1.75. The predicted octanol–water partition coefficient (Wildman–Crippen LogP) is 1.20. The van der Waals surface area contributed by atoms with E-state index in [-0.39, 0.29) is 18.8 Å². The number of halogens is 1. The van der Waals surface area contributed by atoms with E-state index in [9.17, 15) is 14.0 Å². The zero-order valence-corrected chi connectivity index (χ0v) is 9.23. The van der Waals surface area contributed by atoms with Crippen molar-refractivity contribution in [1.29, 1.82) is 0 Å². The van der Waals surface area contributed by atoms with Crippen molar-refractivity contribution < 1.29 is 23.5 Å². The third kappa shape index (κ3) is 1.72. The summed E-state index contributed by atoms with van der Waals surface area (Å²) in [6, 6.07) is 5.55. The molecule has 0 unspecified atom stereocenters. The lowest BCUT2D eigenvalue weighted by molar-refractivity contribution is -0.172. The van der Waals surface area contributed by atoms with Crippen LogP contribution in [0.25, 0.3) is 0 Å². The quantitative estimate of drug-likeness (QED) is 0.451. The van der Waals surface area contributed by atoms with Gasteiger partial charge in [-0.2, -0.15) is 0 Å². The molecule has 1 aromatic carbocycles. The number of rotatable bonds is 3. The van der Waals surface area contributed by atoms with Gasteiger partial charge in [-0.05, 0) is 12.1 Å². The minimum atomic E-state index is -1.38. The summed E-state index contributed by atoms with van der Waals surface area (Å²) in [5, 5.41) is 0. The number of ether oxygens (including phenoxy) is 2. The molecule has 4 nitrogen and oxygen atoms in total. The number of benzene rings is 1. The zero-order chi connectivity index (χ0) is 12.5. The van der Waals surface area contributed by atoms with Gasteiger partial charge in [-0.25, -0.2) is 4.39 Å². The van der Waals surface area contributed by atoms with E-state index < -0.39 is 23.0 Å². The first-order chi connectivity index (χ1) is 8.12. The molecule has 90 valence electrons. The smallest absolute Gasteiger partial charge is 0.324 e. The number of esters is 1. The molecule has 0 aromatic heterocycles. The summed E-state index contributed by atoms with van der Waals surface area (Å²) < 4.78 is 23.0. The van der Waals surface area contributed by atoms with E-state index in [1.807, 2.05) is 0 Å². The first kappa shape index (κ1) is 11.7. The molecule has 1 aliphatic heterocycles. The van der Waals surface area contributed by atoms with Crippen LogP contribution < -0.4 is 0 Å². The summed E-state index contributed by atoms with van der Waals surface area (Å²) in [5.74, 6) is -1.92. The largest absolute Gasteiger partial charge is 0.468 e. The first-order valence-electron chi connectivity index (χ1n) is 5.07. The fourth-order valence-corrected chi connectivity index (χ4v) is 1.75. The molecule has 0 radical (unpaired) electrons. The van der Waals surface area contributed by atoms with E-state index in [1.165, 1.54) is 25.3 Å². The van der Waals surface area contributed by atoms with E-state index in [0.29, 0.717) is 0 Å². The molecular formula is C12H11FO4. The van der Waals surface area contributed by atoms with Gasteiger partial charge in [0.15, 0.2) is 11.2 Å². The van der Waals surface area contributed by atoms with E-state index in [1.54, 1.807) is 6.07 Å². The molecule has 1 aliphatic rings. The Morgan fingerprint density at radius 2 is 2.00 bits per heavy atom. The zero-order valence-electron chi connectivity index (χ0n) is 9.23. The normalized spacial score (nSPS) is 17.1. The van der Waals surface area contributed by atoms with Gasteiger partial charge in [-0.3, -0.25) is 9.59 Å². The highest BCUT2D eigenvalue weighted by Crippen LogP contribution is 2.33. The fraction of sp³-hybridized carbons (Fsp3) is 0.333. The molecule has 0 amide bonds. The van der Waals surface area contributed by atoms with Crippen LogP contribution in [0.4, 0.5) is 4.39 Å². The average Bonchev–Trinajstić information content (AvgIpc) is 2.27. The molecule has 1 aromatic rings. The summed E-state index contributed by atoms with van der Waals surface area (Å²) >= 11 is 0. The number of hydrogen-bond donors (Lipinski definition) is 0. The van der Waals surface area contributed by atoms with Crippen LogP contribution in [-0.2, 0) is 14.3 Å². The van der Waals surface area contributed by atoms with Crippen molar-refractivity contribution in [3.05, 3.63) is 35.6 Å². The molecule has 1 heterocycles. The Kier molecular flexibility index (Phi) is 2.93. The van der Waals surface area contributed by atoms with E-state index in [0.717, 1.165) is 0 Å². The maximum atomic E-state index is 13.5. The van der Waals surface area contributed by atoms with Gasteiger partial charge in [0.05, 0.1) is 25.9 Å². The van der Waals surface area contributed by atoms with Crippen LogP contribution in [0.5, 0.6) is 0 Å². The minimum Gasteiger partial charge on any atom is -0.468 e. The molecular weight excluding hydrogens is 227 g/mol. The van der Waals surface area contributed by atoms with Crippen molar-refractivity contribution in [3.63, 3.8) is 0 Å². The lowest BCUT2D eigenvalue weighted by Crippen LogP contribution is -2.55. The molecule has 5 heteroatoms. The standard InChI is InChI=1S/C12H11FO4/c1-16-11(15)12(6-17-7-12)10(14)8-4-2-3-5-9(8)13/h2-5H,6-7H2,1H3. The van der Waals surface area contributed by atoms with Gasteiger partial charge >= 0.3 is 5.97 Å². The van der Waals surface area contributed by atoms with Crippen LogP contribution in [-0.4, -0.2) is 32.1 Å². The Morgan fingerprint density at radius 3 is 2.47 bits per heavy atom. The molecule has 0 atom stereocenters. The van der Waals surface area contributed by atoms with Crippen molar-refractivity contribution in [2.75, 3.05) is 20.3 Å². The number of Topliss-reactive ketones (excluding diaryl/α,β-unsaturated/α-hetero) is 1. The second-order valence-electron chi connectivity index (χ2n) is 3.88. The highest BCUT2D eigenvalue weighted by molar-refractivity contribution is 6.13. The lowest BCUT2D eigenvalue weighted by atomic mass is 9.78. The summed E-state index contributed by atoms with van der Waals surface area (Å²) in [5.41, 5.74) is -1.49. The molecule has 0 spiro atoms. The number of ketones is 1. The molecule has 0 bridgehead atoms. The monoisotopic (exact) mass is 238 g/mol. The minimum absolute atomic E-state index is 0.0627. The Morgan fingerprint density at radius 1 is 1.35 bits per heavy atom. The molecule has 0 N–H and O–H groups in total. The Bertz CT molecular complexity index is 465. The maximum absolute atomic E-state index is 13.5. The summed E-state index contributed by atoms with van der Waals surface area (Å²) in [6.07, 6.45) is 0. The molecule has 0 aliphatic carbocycles. The molecule has 2 rings (SSSR count). The summed E-state index contributed by atoms with van der Waals surface area (Å²) in [6.45, 7) is -0.125. The van der Waals surface area contributed by atoms with Crippen molar-refractivity contribution in [2.24, 2.45) is 5.41 Å². The summed E-state index contributed by atoms with van der Waals surface area (Å²) in [4.78, 5) is 23.7. The third-order valence-electron chi connectivity index (χ3n) is 2.83. The van der Waals surface area contributed by atoms with Crippen LogP contribution in [0.15, 0.2) is 24.3 Å². The molecule has 1 saturated heterocycles. The predicted molar refractivity (Wildman–Crippen MR) is 56.0 cm³/mol. The van der Waals surface area contributed by atoms with E-state index in [4.69, 9.17) is 4.74 Å². The number of carbonyl (C=O) groups excluding carboxylic acids is 2. The topological polar surface area (TPSA) is 52.6 Å². The second-order valence-corrected chi connectivity index (χ2v) is 3.88. The van der Waals surface area contributed by atoms with Crippen LogP contribution in [0.3, 0.4) is 0 Å². The molecule has 0 saturated carbocycles. The van der Waals surface area contributed by atoms with Gasteiger partial charge in [0, 0.05) is 0 Å². The Labute approximate surface area is 97.3 Å².